The monoisotopic (exact) mass is 769 g/mol. The van der Waals surface area contributed by atoms with Crippen LogP contribution in [0, 0.1) is 0 Å². The fraction of sp³-hybridized carbons (Fsp3) is 0. The van der Waals surface area contributed by atoms with Gasteiger partial charge in [-0.3, -0.25) is 0 Å². The molecule has 0 saturated carbocycles. The van der Waals surface area contributed by atoms with Crippen LogP contribution in [-0.2, 0) is 0 Å². The summed E-state index contributed by atoms with van der Waals surface area (Å²) in [5.41, 5.74) is 12.2. The van der Waals surface area contributed by atoms with E-state index in [4.69, 9.17) is 4.42 Å². The molecule has 59 heavy (non-hydrogen) atoms. The van der Waals surface area contributed by atoms with Crippen LogP contribution in [0.25, 0.3) is 97.0 Å². The number of fused-ring (bicyclic) bond motifs is 9. The highest BCUT2D eigenvalue weighted by atomic mass is 32.1. The van der Waals surface area contributed by atoms with Crippen LogP contribution in [-0.4, -0.2) is 0 Å². The predicted octanol–water partition coefficient (Wildman–Crippen LogP) is 16.7. The SMILES string of the molecule is c1ccc(-c2ccc(-c3cc4ccccc4c4ccccc34)cc2N(c2cccc(-c3ccc4oc5ccccc5c4c3)c2)c2cccc3c2sc2ccccc23)cc1. The zero-order valence-corrected chi connectivity index (χ0v) is 32.8. The first kappa shape index (κ1) is 33.7. The number of thiophene rings is 1. The zero-order chi connectivity index (χ0) is 38.9. The van der Waals surface area contributed by atoms with Crippen molar-refractivity contribution in [3.05, 3.63) is 212 Å². The lowest BCUT2D eigenvalue weighted by atomic mass is 9.91. The highest BCUT2D eigenvalue weighted by Gasteiger charge is 2.23. The minimum atomic E-state index is 0.898. The van der Waals surface area contributed by atoms with E-state index in [2.05, 4.69) is 205 Å². The Morgan fingerprint density at radius 1 is 0.339 bits per heavy atom. The van der Waals surface area contributed by atoms with Gasteiger partial charge in [-0.05, 0) is 104 Å². The van der Waals surface area contributed by atoms with E-state index < -0.39 is 0 Å². The van der Waals surface area contributed by atoms with Gasteiger partial charge in [-0.1, -0.05) is 158 Å². The average molecular weight is 770 g/mol. The zero-order valence-electron chi connectivity index (χ0n) is 32.0. The molecule has 2 aromatic heterocycles. The maximum absolute atomic E-state index is 6.23. The molecule has 0 saturated heterocycles. The Bertz CT molecular complexity index is 3580. The number of benzene rings is 10. The molecule has 0 aliphatic rings. The van der Waals surface area contributed by atoms with Gasteiger partial charge in [0.2, 0.25) is 0 Å². The lowest BCUT2D eigenvalue weighted by Crippen LogP contribution is -2.12. The van der Waals surface area contributed by atoms with E-state index in [1.807, 2.05) is 23.5 Å². The molecule has 276 valence electrons. The van der Waals surface area contributed by atoms with Crippen LogP contribution in [0.15, 0.2) is 217 Å². The van der Waals surface area contributed by atoms with Gasteiger partial charge in [-0.25, -0.2) is 0 Å². The molecular weight excluding hydrogens is 735 g/mol. The van der Waals surface area contributed by atoms with Gasteiger partial charge in [-0.2, -0.15) is 0 Å². The maximum Gasteiger partial charge on any atom is 0.135 e. The number of rotatable bonds is 6. The third kappa shape index (κ3) is 5.55. The number of furan rings is 1. The van der Waals surface area contributed by atoms with Gasteiger partial charge in [0.1, 0.15) is 11.2 Å². The van der Waals surface area contributed by atoms with Crippen molar-refractivity contribution in [3.63, 3.8) is 0 Å². The summed E-state index contributed by atoms with van der Waals surface area (Å²) in [4.78, 5) is 2.50. The molecule has 0 radical (unpaired) electrons. The molecule has 0 aliphatic carbocycles. The summed E-state index contributed by atoms with van der Waals surface area (Å²) in [6, 6.07) is 77.2. The molecule has 0 bridgehead atoms. The fourth-order valence-corrected chi connectivity index (χ4v) is 10.3. The largest absolute Gasteiger partial charge is 0.456 e. The van der Waals surface area contributed by atoms with E-state index in [1.165, 1.54) is 58.4 Å². The Balaban J connectivity index is 1.14. The van der Waals surface area contributed by atoms with E-state index in [0.717, 1.165) is 55.7 Å². The van der Waals surface area contributed by atoms with Crippen LogP contribution in [0.2, 0.25) is 0 Å². The van der Waals surface area contributed by atoms with E-state index in [9.17, 15) is 0 Å². The van der Waals surface area contributed by atoms with Crippen LogP contribution in [0.5, 0.6) is 0 Å². The van der Waals surface area contributed by atoms with Gasteiger partial charge >= 0.3 is 0 Å². The van der Waals surface area contributed by atoms with Crippen molar-refractivity contribution in [2.24, 2.45) is 0 Å². The molecule has 2 heterocycles. The molecule has 2 nitrogen and oxygen atoms in total. The lowest BCUT2D eigenvalue weighted by molar-refractivity contribution is 0.669. The first-order valence-electron chi connectivity index (χ1n) is 20.1. The van der Waals surface area contributed by atoms with E-state index in [0.29, 0.717) is 0 Å². The summed E-state index contributed by atoms with van der Waals surface area (Å²) in [6.07, 6.45) is 0. The lowest BCUT2D eigenvalue weighted by Gasteiger charge is -2.29. The van der Waals surface area contributed by atoms with E-state index in [1.54, 1.807) is 0 Å². The van der Waals surface area contributed by atoms with Crippen molar-refractivity contribution < 1.29 is 4.42 Å². The van der Waals surface area contributed by atoms with Crippen LogP contribution in [0.4, 0.5) is 17.1 Å². The van der Waals surface area contributed by atoms with Crippen molar-refractivity contribution in [2.45, 2.75) is 0 Å². The second-order valence-electron chi connectivity index (χ2n) is 15.2. The molecule has 0 atom stereocenters. The Labute approximate surface area is 345 Å². The molecule has 0 aliphatic heterocycles. The Hall–Kier alpha value is -7.46. The quantitative estimate of drug-likeness (QED) is 0.157. The van der Waals surface area contributed by atoms with Gasteiger partial charge in [0, 0.05) is 37.5 Å². The van der Waals surface area contributed by atoms with Crippen molar-refractivity contribution in [1.29, 1.82) is 0 Å². The third-order valence-electron chi connectivity index (χ3n) is 11.8. The highest BCUT2D eigenvalue weighted by molar-refractivity contribution is 7.26. The van der Waals surface area contributed by atoms with Crippen LogP contribution >= 0.6 is 11.3 Å². The minimum absolute atomic E-state index is 0.898. The summed E-state index contributed by atoms with van der Waals surface area (Å²) in [5, 5.41) is 9.80. The van der Waals surface area contributed by atoms with E-state index >= 15 is 0 Å². The molecule has 0 amide bonds. The molecule has 0 unspecified atom stereocenters. The first-order chi connectivity index (χ1) is 29.2. The number of para-hydroxylation sites is 1. The molecule has 3 heteroatoms. The van der Waals surface area contributed by atoms with Gasteiger partial charge in [0.05, 0.1) is 16.1 Å². The minimum Gasteiger partial charge on any atom is -0.456 e. The molecule has 0 N–H and O–H groups in total. The van der Waals surface area contributed by atoms with Crippen LogP contribution in [0.3, 0.4) is 0 Å². The molecule has 12 aromatic rings. The van der Waals surface area contributed by atoms with Gasteiger partial charge in [-0.15, -0.1) is 11.3 Å². The standard InChI is InChI=1S/C56H35NOS/c1-2-14-36(15-3-1)43-30-28-40(49-34-39-16-4-5-19-42(39)44-20-6-7-21-45(44)49)35-52(43)57(51-25-13-24-48-47-23-9-11-27-55(47)59-56(48)51)41-18-12-17-37(32-41)38-29-31-54-50(33-38)46-22-8-10-26-53(46)58-54/h1-35H. The highest BCUT2D eigenvalue weighted by Crippen LogP contribution is 2.49. The number of anilines is 3. The van der Waals surface area contributed by atoms with Gasteiger partial charge in [0.25, 0.3) is 0 Å². The maximum atomic E-state index is 6.23. The first-order valence-corrected chi connectivity index (χ1v) is 20.9. The summed E-state index contributed by atoms with van der Waals surface area (Å²) in [7, 11) is 0. The molecule has 0 spiro atoms. The summed E-state index contributed by atoms with van der Waals surface area (Å²) < 4.78 is 8.77. The van der Waals surface area contributed by atoms with Crippen molar-refractivity contribution in [3.8, 4) is 33.4 Å². The molecule has 0 fully saturated rings. The Morgan fingerprint density at radius 2 is 1.00 bits per heavy atom. The molecule has 12 rings (SSSR count). The van der Waals surface area contributed by atoms with Gasteiger partial charge < -0.3 is 9.32 Å². The summed E-state index contributed by atoms with van der Waals surface area (Å²) in [6.45, 7) is 0. The van der Waals surface area contributed by atoms with Crippen molar-refractivity contribution >= 4 is 92.1 Å². The summed E-state index contributed by atoms with van der Waals surface area (Å²) >= 11 is 1.86. The van der Waals surface area contributed by atoms with Crippen LogP contribution in [0.1, 0.15) is 0 Å². The normalized spacial score (nSPS) is 11.7. The van der Waals surface area contributed by atoms with Gasteiger partial charge in [0.15, 0.2) is 0 Å². The Morgan fingerprint density at radius 3 is 1.90 bits per heavy atom. The third-order valence-corrected chi connectivity index (χ3v) is 13.1. The summed E-state index contributed by atoms with van der Waals surface area (Å²) in [5.74, 6) is 0. The number of hydrogen-bond acceptors (Lipinski definition) is 3. The molecular formula is C56H35NOS. The van der Waals surface area contributed by atoms with Crippen LogP contribution < -0.4 is 4.90 Å². The fourth-order valence-electron chi connectivity index (χ4n) is 9.09. The van der Waals surface area contributed by atoms with Crippen molar-refractivity contribution in [1.82, 2.24) is 0 Å². The number of hydrogen-bond donors (Lipinski definition) is 0. The second-order valence-corrected chi connectivity index (χ2v) is 16.3. The second kappa shape index (κ2) is 13.6. The average Bonchev–Trinajstić information content (AvgIpc) is 3.88. The predicted molar refractivity (Wildman–Crippen MR) is 253 cm³/mol. The van der Waals surface area contributed by atoms with E-state index in [-0.39, 0.29) is 0 Å². The Kier molecular flexibility index (Phi) is 7.75. The topological polar surface area (TPSA) is 16.4 Å². The van der Waals surface area contributed by atoms with Crippen molar-refractivity contribution in [2.75, 3.05) is 4.90 Å². The number of nitrogens with zero attached hydrogens (tertiary/aromatic N) is 1. The smallest absolute Gasteiger partial charge is 0.135 e. The molecule has 10 aromatic carbocycles.